The Morgan fingerprint density at radius 2 is 1.67 bits per heavy atom. The molecule has 0 fully saturated rings. The molecule has 1 heterocycles. The lowest BCUT2D eigenvalue weighted by molar-refractivity contribution is 0.281. The van der Waals surface area contributed by atoms with Crippen LogP contribution < -0.4 is 4.90 Å². The molecule has 0 saturated carbocycles. The second-order valence-corrected chi connectivity index (χ2v) is 7.36. The lowest BCUT2D eigenvalue weighted by Gasteiger charge is -2.24. The monoisotopic (exact) mass is 439 g/mol. The van der Waals surface area contributed by atoms with Crippen LogP contribution in [0.1, 0.15) is 12.5 Å². The van der Waals surface area contributed by atoms with Crippen LogP contribution >= 0.6 is 0 Å². The Balaban J connectivity index is 2.02. The third-order valence-corrected chi connectivity index (χ3v) is 5.10. The summed E-state index contributed by atoms with van der Waals surface area (Å²) < 4.78 is 5.77. The van der Waals surface area contributed by atoms with Crippen LogP contribution in [0.4, 0.5) is 5.69 Å². The zero-order valence-electron chi connectivity index (χ0n) is 18.4. The molecule has 0 spiro atoms. The second kappa shape index (κ2) is 11.5. The predicted molar refractivity (Wildman–Crippen MR) is 128 cm³/mol. The van der Waals surface area contributed by atoms with Gasteiger partial charge in [0, 0.05) is 24.4 Å². The number of anilines is 1. The van der Waals surface area contributed by atoms with E-state index in [2.05, 4.69) is 0 Å². The Morgan fingerprint density at radius 1 is 0.970 bits per heavy atom. The number of aliphatic hydroxyl groups excluding tert-OH is 2. The average molecular weight is 440 g/mol. The lowest BCUT2D eigenvalue weighted by atomic mass is 9.98. The molecule has 33 heavy (non-hydrogen) atoms. The highest BCUT2D eigenvalue weighted by molar-refractivity contribution is 5.79. The number of ether oxygens (including phenoxy) is 1. The van der Waals surface area contributed by atoms with Crippen LogP contribution in [-0.2, 0) is 4.74 Å². The fourth-order valence-electron chi connectivity index (χ4n) is 3.58. The van der Waals surface area contributed by atoms with Crippen molar-refractivity contribution in [2.24, 2.45) is 0 Å². The van der Waals surface area contributed by atoms with Crippen molar-refractivity contribution in [2.45, 2.75) is 6.92 Å². The summed E-state index contributed by atoms with van der Waals surface area (Å²) in [6, 6.07) is 19.7. The van der Waals surface area contributed by atoms with E-state index in [-0.39, 0.29) is 18.8 Å². The van der Waals surface area contributed by atoms with Gasteiger partial charge in [-0.2, -0.15) is 10.5 Å². The summed E-state index contributed by atoms with van der Waals surface area (Å²) in [5.74, 6) is 1.12. The number of nitrogens with zero attached hydrogens (tertiary/aromatic N) is 3. The molecular weight excluding hydrogens is 414 g/mol. The minimum Gasteiger partial charge on any atom is -0.462 e. The summed E-state index contributed by atoms with van der Waals surface area (Å²) in [7, 11) is 0. The molecule has 0 amide bonds. The highest BCUT2D eigenvalue weighted by Gasteiger charge is 2.12. The molecule has 2 N–H and O–H groups in total. The first-order valence-corrected chi connectivity index (χ1v) is 10.6. The fraction of sp³-hybridized carbons (Fsp3) is 0.185. The van der Waals surface area contributed by atoms with Gasteiger partial charge in [0.1, 0.15) is 29.2 Å². The Hall–Kier alpha value is -4.10. The van der Waals surface area contributed by atoms with Gasteiger partial charge in [-0.15, -0.1) is 0 Å². The molecule has 0 saturated heterocycles. The number of nitriles is 2. The predicted octanol–water partition coefficient (Wildman–Crippen LogP) is 4.32. The summed E-state index contributed by atoms with van der Waals surface area (Å²) in [6.07, 6.45) is 7.07. The van der Waals surface area contributed by atoms with Crippen LogP contribution in [0.3, 0.4) is 0 Å². The van der Waals surface area contributed by atoms with E-state index in [1.165, 1.54) is 0 Å². The third kappa shape index (κ3) is 5.99. The lowest BCUT2D eigenvalue weighted by Crippen LogP contribution is -2.29. The van der Waals surface area contributed by atoms with Crippen LogP contribution in [0, 0.1) is 22.7 Å². The van der Waals surface area contributed by atoms with Crippen LogP contribution in [-0.4, -0.2) is 36.5 Å². The molecule has 0 aromatic heterocycles. The van der Waals surface area contributed by atoms with E-state index in [4.69, 9.17) is 4.74 Å². The Bertz CT molecular complexity index is 1170. The Labute approximate surface area is 193 Å². The summed E-state index contributed by atoms with van der Waals surface area (Å²) in [5.41, 5.74) is 4.41. The van der Waals surface area contributed by atoms with Gasteiger partial charge in [0.25, 0.3) is 0 Å². The zero-order chi connectivity index (χ0) is 23.6. The molecule has 6 heteroatoms. The molecule has 1 aliphatic rings. The minimum atomic E-state index is -0.01000. The van der Waals surface area contributed by atoms with E-state index >= 15 is 0 Å². The van der Waals surface area contributed by atoms with E-state index in [0.717, 1.165) is 22.4 Å². The summed E-state index contributed by atoms with van der Waals surface area (Å²) >= 11 is 0. The quantitative estimate of drug-likeness (QED) is 0.594. The molecule has 0 bridgehead atoms. The maximum Gasteiger partial charge on any atom is 0.137 e. The summed E-state index contributed by atoms with van der Waals surface area (Å²) in [5, 5.41) is 37.2. The molecule has 2 aromatic rings. The third-order valence-electron chi connectivity index (χ3n) is 5.10. The number of rotatable bonds is 8. The average Bonchev–Trinajstić information content (AvgIpc) is 2.83. The van der Waals surface area contributed by atoms with Crippen molar-refractivity contribution in [3.8, 4) is 23.3 Å². The van der Waals surface area contributed by atoms with E-state index in [9.17, 15) is 20.7 Å². The second-order valence-electron chi connectivity index (χ2n) is 7.36. The maximum absolute atomic E-state index is 9.41. The van der Waals surface area contributed by atoms with Crippen molar-refractivity contribution in [1.29, 1.82) is 10.5 Å². The van der Waals surface area contributed by atoms with Gasteiger partial charge in [-0.25, -0.2) is 0 Å². The highest BCUT2D eigenvalue weighted by Crippen LogP contribution is 2.31. The number of hydrogen-bond acceptors (Lipinski definition) is 6. The number of aliphatic hydroxyl groups is 2. The topological polar surface area (TPSA) is 101 Å². The number of allylic oxidation sites excluding steroid dienone is 6. The SMILES string of the molecule is CC1=CC(=C(C#N)C#N)C=C(/C=C/c2ccc(N(CCO)CCO)cc2-c2ccccc2)O1. The minimum absolute atomic E-state index is 0.01000. The largest absolute Gasteiger partial charge is 0.462 e. The van der Waals surface area contributed by atoms with Crippen LogP contribution in [0.5, 0.6) is 0 Å². The number of hydrogen-bond donors (Lipinski definition) is 2. The van der Waals surface area contributed by atoms with Gasteiger partial charge < -0.3 is 19.8 Å². The van der Waals surface area contributed by atoms with Gasteiger partial charge in [0.2, 0.25) is 0 Å². The first-order valence-electron chi connectivity index (χ1n) is 10.6. The Morgan fingerprint density at radius 3 is 2.30 bits per heavy atom. The molecule has 3 rings (SSSR count). The molecular formula is C27H25N3O3. The van der Waals surface area contributed by atoms with Gasteiger partial charge >= 0.3 is 0 Å². The van der Waals surface area contributed by atoms with Crippen molar-refractivity contribution in [3.63, 3.8) is 0 Å². The van der Waals surface area contributed by atoms with Crippen molar-refractivity contribution in [1.82, 2.24) is 0 Å². The molecule has 1 aliphatic heterocycles. The fourth-order valence-corrected chi connectivity index (χ4v) is 3.58. The zero-order valence-corrected chi connectivity index (χ0v) is 18.4. The van der Waals surface area contributed by atoms with Gasteiger partial charge in [-0.05, 0) is 54.0 Å². The van der Waals surface area contributed by atoms with Gasteiger partial charge in [-0.3, -0.25) is 0 Å². The molecule has 0 unspecified atom stereocenters. The first kappa shape index (κ1) is 23.6. The van der Waals surface area contributed by atoms with Gasteiger partial charge in [-0.1, -0.05) is 42.5 Å². The summed E-state index contributed by atoms with van der Waals surface area (Å²) in [4.78, 5) is 1.93. The van der Waals surface area contributed by atoms with Crippen molar-refractivity contribution in [2.75, 3.05) is 31.2 Å². The van der Waals surface area contributed by atoms with E-state index in [0.29, 0.717) is 30.2 Å². The molecule has 0 aliphatic carbocycles. The molecule has 0 radical (unpaired) electrons. The maximum atomic E-state index is 9.41. The van der Waals surface area contributed by atoms with E-state index in [1.54, 1.807) is 19.1 Å². The Kier molecular flexibility index (Phi) is 8.21. The first-order chi connectivity index (χ1) is 16.1. The normalized spacial score (nSPS) is 12.9. The smallest absolute Gasteiger partial charge is 0.137 e. The standard InChI is InChI=1S/C27H25N3O3/c1-20-15-23(24(18-28)19-29)16-26(33-20)10-8-22-7-9-25(30(11-13-31)12-14-32)17-27(22)21-5-3-2-4-6-21/h2-10,15-17,31-32H,11-14H2,1H3/b10-8+. The van der Waals surface area contributed by atoms with Crippen molar-refractivity contribution in [3.05, 3.63) is 95.0 Å². The highest BCUT2D eigenvalue weighted by atomic mass is 16.5. The van der Waals surface area contributed by atoms with Gasteiger partial charge in [0.15, 0.2) is 0 Å². The van der Waals surface area contributed by atoms with Gasteiger partial charge in [0.05, 0.1) is 13.2 Å². The molecule has 0 atom stereocenters. The molecule has 6 nitrogen and oxygen atoms in total. The van der Waals surface area contributed by atoms with E-state index < -0.39 is 0 Å². The molecule has 166 valence electrons. The summed E-state index contributed by atoms with van der Waals surface area (Å²) in [6.45, 7) is 2.60. The van der Waals surface area contributed by atoms with Crippen LogP contribution in [0.2, 0.25) is 0 Å². The van der Waals surface area contributed by atoms with Crippen LogP contribution in [0.25, 0.3) is 17.2 Å². The molecule has 2 aromatic carbocycles. The van der Waals surface area contributed by atoms with Crippen molar-refractivity contribution >= 4 is 11.8 Å². The van der Waals surface area contributed by atoms with Crippen LogP contribution in [0.15, 0.2) is 89.4 Å². The number of benzene rings is 2. The van der Waals surface area contributed by atoms with E-state index in [1.807, 2.05) is 77.7 Å². The van der Waals surface area contributed by atoms with Crippen molar-refractivity contribution < 1.29 is 14.9 Å².